The molecular formula is C10H18O3. The third-order valence-corrected chi connectivity index (χ3v) is 1.74. The Morgan fingerprint density at radius 1 is 1.46 bits per heavy atom. The highest BCUT2D eigenvalue weighted by atomic mass is 16.5. The fourth-order valence-corrected chi connectivity index (χ4v) is 0.707. The van der Waals surface area contributed by atoms with Crippen molar-refractivity contribution in [2.45, 2.75) is 26.7 Å². The molecule has 0 aromatic carbocycles. The summed E-state index contributed by atoms with van der Waals surface area (Å²) >= 11 is 0. The summed E-state index contributed by atoms with van der Waals surface area (Å²) in [6.07, 6.45) is 1.37. The number of aliphatic hydroxyl groups is 1. The lowest BCUT2D eigenvalue weighted by atomic mass is 10.1. The number of ether oxygens (including phenoxy) is 1. The van der Waals surface area contributed by atoms with Crippen LogP contribution in [0, 0.1) is 5.92 Å². The Balaban J connectivity index is 3.57. The van der Waals surface area contributed by atoms with Crippen molar-refractivity contribution in [2.24, 2.45) is 5.92 Å². The summed E-state index contributed by atoms with van der Waals surface area (Å²) in [7, 11) is 0. The number of esters is 1. The monoisotopic (exact) mass is 186 g/mol. The van der Waals surface area contributed by atoms with Gasteiger partial charge in [0.2, 0.25) is 0 Å². The van der Waals surface area contributed by atoms with E-state index in [-0.39, 0.29) is 18.5 Å². The maximum absolute atomic E-state index is 11.2. The van der Waals surface area contributed by atoms with E-state index in [9.17, 15) is 4.79 Å². The summed E-state index contributed by atoms with van der Waals surface area (Å²) in [5.74, 6) is -0.196. The van der Waals surface area contributed by atoms with Crippen LogP contribution in [0.15, 0.2) is 12.2 Å². The van der Waals surface area contributed by atoms with Crippen molar-refractivity contribution in [1.29, 1.82) is 0 Å². The van der Waals surface area contributed by atoms with Crippen molar-refractivity contribution in [2.75, 3.05) is 13.2 Å². The van der Waals surface area contributed by atoms with Crippen LogP contribution in [-0.4, -0.2) is 24.3 Å². The van der Waals surface area contributed by atoms with Crippen molar-refractivity contribution in [1.82, 2.24) is 0 Å². The summed E-state index contributed by atoms with van der Waals surface area (Å²) in [4.78, 5) is 11.2. The summed E-state index contributed by atoms with van der Waals surface area (Å²) in [5.41, 5.74) is 0.504. The lowest BCUT2D eigenvalue weighted by Gasteiger charge is -2.08. The quantitative estimate of drug-likeness (QED) is 0.388. The molecule has 0 amide bonds. The highest BCUT2D eigenvalue weighted by molar-refractivity contribution is 5.88. The molecule has 13 heavy (non-hydrogen) atoms. The van der Waals surface area contributed by atoms with Crippen molar-refractivity contribution in [3.8, 4) is 0 Å². The normalized spacial score (nSPS) is 10.2. The fourth-order valence-electron chi connectivity index (χ4n) is 0.707. The van der Waals surface area contributed by atoms with E-state index in [1.165, 1.54) is 0 Å². The number of carbonyl (C=O) groups excluding carboxylic acids is 1. The molecule has 0 aliphatic heterocycles. The first-order valence-corrected chi connectivity index (χ1v) is 4.56. The highest BCUT2D eigenvalue weighted by Gasteiger charge is 2.11. The Morgan fingerprint density at radius 3 is 2.54 bits per heavy atom. The smallest absolute Gasteiger partial charge is 0.333 e. The molecule has 0 aromatic rings. The SMILES string of the molecule is C=C(C(=O)OCCCCO)C(C)C. The molecule has 0 unspecified atom stereocenters. The Bertz CT molecular complexity index is 173. The molecular weight excluding hydrogens is 168 g/mol. The molecule has 0 aliphatic carbocycles. The maximum atomic E-state index is 11.2. The molecule has 76 valence electrons. The molecule has 0 saturated carbocycles. The van der Waals surface area contributed by atoms with Gasteiger partial charge in [0.25, 0.3) is 0 Å². The second-order valence-corrected chi connectivity index (χ2v) is 3.25. The van der Waals surface area contributed by atoms with E-state index in [2.05, 4.69) is 6.58 Å². The van der Waals surface area contributed by atoms with Gasteiger partial charge in [-0.1, -0.05) is 20.4 Å². The fraction of sp³-hybridized carbons (Fsp3) is 0.700. The zero-order chi connectivity index (χ0) is 10.3. The third-order valence-electron chi connectivity index (χ3n) is 1.74. The van der Waals surface area contributed by atoms with Gasteiger partial charge in [-0.25, -0.2) is 4.79 Å². The number of rotatable bonds is 6. The van der Waals surface area contributed by atoms with Gasteiger partial charge in [-0.3, -0.25) is 0 Å². The van der Waals surface area contributed by atoms with Crippen LogP contribution in [0.3, 0.4) is 0 Å². The molecule has 0 aliphatic rings. The van der Waals surface area contributed by atoms with Gasteiger partial charge in [0, 0.05) is 12.2 Å². The average Bonchev–Trinajstić information content (AvgIpc) is 2.10. The molecule has 0 fully saturated rings. The number of aliphatic hydroxyl groups excluding tert-OH is 1. The van der Waals surface area contributed by atoms with Gasteiger partial charge < -0.3 is 9.84 Å². The van der Waals surface area contributed by atoms with Gasteiger partial charge >= 0.3 is 5.97 Å². The minimum Gasteiger partial charge on any atom is -0.462 e. The molecule has 1 N–H and O–H groups in total. The zero-order valence-corrected chi connectivity index (χ0v) is 8.38. The van der Waals surface area contributed by atoms with Crippen LogP contribution >= 0.6 is 0 Å². The molecule has 0 rings (SSSR count). The first-order chi connectivity index (χ1) is 6.09. The second kappa shape index (κ2) is 6.66. The summed E-state index contributed by atoms with van der Waals surface area (Å²) in [6.45, 7) is 7.94. The first kappa shape index (κ1) is 12.2. The second-order valence-electron chi connectivity index (χ2n) is 3.25. The number of hydrogen-bond donors (Lipinski definition) is 1. The third kappa shape index (κ3) is 5.42. The van der Waals surface area contributed by atoms with Gasteiger partial charge in [0.1, 0.15) is 0 Å². The molecule has 0 spiro atoms. The predicted octanol–water partition coefficient (Wildman–Crippen LogP) is 1.51. The Hall–Kier alpha value is -0.830. The number of carbonyl (C=O) groups is 1. The Labute approximate surface area is 79.4 Å². The Morgan fingerprint density at radius 2 is 2.08 bits per heavy atom. The molecule has 0 bridgehead atoms. The van der Waals surface area contributed by atoms with E-state index in [0.717, 1.165) is 0 Å². The minimum absolute atomic E-state index is 0.130. The van der Waals surface area contributed by atoms with Gasteiger partial charge in [-0.05, 0) is 18.8 Å². The number of hydrogen-bond acceptors (Lipinski definition) is 3. The van der Waals surface area contributed by atoms with E-state index < -0.39 is 0 Å². The summed E-state index contributed by atoms with van der Waals surface area (Å²) in [6, 6.07) is 0. The average molecular weight is 186 g/mol. The van der Waals surface area contributed by atoms with Gasteiger partial charge in [-0.2, -0.15) is 0 Å². The molecule has 0 aromatic heterocycles. The van der Waals surface area contributed by atoms with Crippen molar-refractivity contribution in [3.05, 3.63) is 12.2 Å². The number of unbranched alkanes of at least 4 members (excludes halogenated alkanes) is 1. The van der Waals surface area contributed by atoms with Gasteiger partial charge in [0.15, 0.2) is 0 Å². The molecule has 0 atom stereocenters. The lowest BCUT2D eigenvalue weighted by molar-refractivity contribution is -0.139. The van der Waals surface area contributed by atoms with Crippen LogP contribution in [0.25, 0.3) is 0 Å². The lowest BCUT2D eigenvalue weighted by Crippen LogP contribution is -2.12. The molecule has 3 heteroatoms. The van der Waals surface area contributed by atoms with Gasteiger partial charge in [-0.15, -0.1) is 0 Å². The van der Waals surface area contributed by atoms with E-state index in [1.807, 2.05) is 13.8 Å². The molecule has 0 heterocycles. The van der Waals surface area contributed by atoms with Crippen molar-refractivity contribution >= 4 is 5.97 Å². The predicted molar refractivity (Wildman–Crippen MR) is 51.3 cm³/mol. The molecule has 3 nitrogen and oxygen atoms in total. The van der Waals surface area contributed by atoms with E-state index >= 15 is 0 Å². The van der Waals surface area contributed by atoms with Crippen molar-refractivity contribution in [3.63, 3.8) is 0 Å². The van der Waals surface area contributed by atoms with Crippen LogP contribution in [-0.2, 0) is 9.53 Å². The minimum atomic E-state index is -0.326. The molecule has 0 saturated heterocycles. The molecule has 0 radical (unpaired) electrons. The maximum Gasteiger partial charge on any atom is 0.333 e. The summed E-state index contributed by atoms with van der Waals surface area (Å²) in [5, 5.41) is 8.47. The zero-order valence-electron chi connectivity index (χ0n) is 8.38. The van der Waals surface area contributed by atoms with Gasteiger partial charge in [0.05, 0.1) is 6.61 Å². The van der Waals surface area contributed by atoms with Crippen LogP contribution in [0.1, 0.15) is 26.7 Å². The van der Waals surface area contributed by atoms with Crippen LogP contribution < -0.4 is 0 Å². The first-order valence-electron chi connectivity index (χ1n) is 4.56. The highest BCUT2D eigenvalue weighted by Crippen LogP contribution is 2.08. The van der Waals surface area contributed by atoms with Crippen LogP contribution in [0.4, 0.5) is 0 Å². The summed E-state index contributed by atoms with van der Waals surface area (Å²) < 4.78 is 4.92. The van der Waals surface area contributed by atoms with E-state index in [4.69, 9.17) is 9.84 Å². The van der Waals surface area contributed by atoms with Crippen molar-refractivity contribution < 1.29 is 14.6 Å². The van der Waals surface area contributed by atoms with Crippen LogP contribution in [0.2, 0.25) is 0 Å². The van der Waals surface area contributed by atoms with E-state index in [1.54, 1.807) is 0 Å². The Kier molecular flexibility index (Phi) is 6.24. The van der Waals surface area contributed by atoms with E-state index in [0.29, 0.717) is 25.0 Å². The van der Waals surface area contributed by atoms with Crippen LogP contribution in [0.5, 0.6) is 0 Å². The standard InChI is InChI=1S/C10H18O3/c1-8(2)9(3)10(12)13-7-5-4-6-11/h8,11H,3-7H2,1-2H3. The topological polar surface area (TPSA) is 46.5 Å². The largest absolute Gasteiger partial charge is 0.462 e.